The maximum atomic E-state index is 12.8. The van der Waals surface area contributed by atoms with Crippen LogP contribution in [-0.4, -0.2) is 9.97 Å². The number of hydrogen-bond acceptors (Lipinski definition) is 4. The molecule has 2 heterocycles. The number of aromatic amines is 1. The smallest absolute Gasteiger partial charge is 0.259 e. The lowest BCUT2D eigenvalue weighted by atomic mass is 9.93. The Kier molecular flexibility index (Phi) is 5.88. The lowest BCUT2D eigenvalue weighted by Gasteiger charge is -2.23. The van der Waals surface area contributed by atoms with Gasteiger partial charge in [-0.1, -0.05) is 52.0 Å². The van der Waals surface area contributed by atoms with Gasteiger partial charge in [0.25, 0.3) is 5.56 Å². The molecule has 0 bridgehead atoms. The third-order valence-corrected chi connectivity index (χ3v) is 7.18. The average Bonchev–Trinajstić information content (AvgIpc) is 3.07. The first kappa shape index (κ1) is 20.3. The molecule has 0 saturated heterocycles. The van der Waals surface area contributed by atoms with E-state index in [1.54, 1.807) is 11.3 Å². The van der Waals surface area contributed by atoms with Crippen molar-refractivity contribution in [3.05, 3.63) is 62.0 Å². The number of H-pyrrole nitrogens is 1. The van der Waals surface area contributed by atoms with Crippen LogP contribution >= 0.6 is 11.3 Å². The highest BCUT2D eigenvalue weighted by Crippen LogP contribution is 2.33. The molecule has 1 atom stereocenters. The molecule has 0 radical (unpaired) electrons. The number of hydrogen-bond donors (Lipinski definition) is 2. The molecule has 1 aliphatic rings. The minimum atomic E-state index is 0.0218. The van der Waals surface area contributed by atoms with Crippen LogP contribution in [-0.2, 0) is 19.4 Å². The lowest BCUT2D eigenvalue weighted by molar-refractivity contribution is 0.406. The van der Waals surface area contributed by atoms with Gasteiger partial charge < -0.3 is 10.3 Å². The van der Waals surface area contributed by atoms with Gasteiger partial charge in [-0.05, 0) is 54.2 Å². The van der Waals surface area contributed by atoms with Crippen LogP contribution in [0.2, 0.25) is 0 Å². The number of benzene rings is 1. The Morgan fingerprint density at radius 3 is 2.45 bits per heavy atom. The van der Waals surface area contributed by atoms with Crippen molar-refractivity contribution in [2.24, 2.45) is 5.92 Å². The van der Waals surface area contributed by atoms with Gasteiger partial charge in [-0.25, -0.2) is 4.98 Å². The van der Waals surface area contributed by atoms with Crippen molar-refractivity contribution < 1.29 is 0 Å². The number of rotatable bonds is 6. The highest BCUT2D eigenvalue weighted by molar-refractivity contribution is 7.18. The van der Waals surface area contributed by atoms with E-state index in [1.165, 1.54) is 34.4 Å². The molecule has 0 aliphatic heterocycles. The van der Waals surface area contributed by atoms with Crippen LogP contribution in [0.5, 0.6) is 0 Å². The van der Waals surface area contributed by atoms with Gasteiger partial charge in [0.05, 0.1) is 11.9 Å². The second kappa shape index (κ2) is 8.41. The number of aromatic nitrogens is 2. The van der Waals surface area contributed by atoms with Crippen molar-refractivity contribution in [1.29, 1.82) is 0 Å². The van der Waals surface area contributed by atoms with E-state index in [9.17, 15) is 4.79 Å². The molecule has 4 rings (SSSR count). The van der Waals surface area contributed by atoms with Gasteiger partial charge >= 0.3 is 0 Å². The van der Waals surface area contributed by atoms with Crippen LogP contribution in [0.3, 0.4) is 0 Å². The summed E-state index contributed by atoms with van der Waals surface area (Å²) in [6, 6.07) is 9.10. The fourth-order valence-corrected chi connectivity index (χ4v) is 5.61. The van der Waals surface area contributed by atoms with E-state index in [1.807, 2.05) is 0 Å². The van der Waals surface area contributed by atoms with E-state index in [4.69, 9.17) is 4.98 Å². The summed E-state index contributed by atoms with van der Waals surface area (Å²) in [7, 11) is 0. The fraction of sp³-hybridized carbons (Fsp3) is 0.500. The minimum absolute atomic E-state index is 0.0218. The topological polar surface area (TPSA) is 57.8 Å². The predicted molar refractivity (Wildman–Crippen MR) is 122 cm³/mol. The molecule has 29 heavy (non-hydrogen) atoms. The quantitative estimate of drug-likeness (QED) is 0.567. The first-order valence-electron chi connectivity index (χ1n) is 10.8. The molecule has 0 spiro atoms. The van der Waals surface area contributed by atoms with Crippen molar-refractivity contribution in [2.75, 3.05) is 0 Å². The number of fused-ring (bicyclic) bond motifs is 3. The van der Waals surface area contributed by atoms with Crippen LogP contribution in [0.25, 0.3) is 10.2 Å². The first-order chi connectivity index (χ1) is 13.9. The SMILES string of the molecule is CC(C)c1ccc([C@H](NCc2nc3sc4c(c3c(=O)[nH]2)CCCC4)C(C)C)cc1. The fourth-order valence-electron chi connectivity index (χ4n) is 4.33. The second-order valence-electron chi connectivity index (χ2n) is 8.83. The Morgan fingerprint density at radius 1 is 1.07 bits per heavy atom. The van der Waals surface area contributed by atoms with Gasteiger partial charge in [0, 0.05) is 10.9 Å². The zero-order valence-electron chi connectivity index (χ0n) is 17.8. The van der Waals surface area contributed by atoms with Gasteiger partial charge in [-0.3, -0.25) is 4.79 Å². The summed E-state index contributed by atoms with van der Waals surface area (Å²) in [5.74, 6) is 1.70. The standard InChI is InChI=1S/C24H31N3OS/c1-14(2)16-9-11-17(12-10-16)22(15(3)4)25-13-20-26-23(28)21-18-7-5-6-8-19(18)29-24(21)27-20/h9-12,14-15,22,25H,5-8,13H2,1-4H3,(H,26,27,28)/t22-/m1/s1. The molecule has 3 aromatic rings. The Balaban J connectivity index is 1.56. The molecule has 1 aromatic carbocycles. The number of nitrogens with one attached hydrogen (secondary N) is 2. The molecular formula is C24H31N3OS. The van der Waals surface area contributed by atoms with Gasteiger partial charge in [-0.2, -0.15) is 0 Å². The zero-order chi connectivity index (χ0) is 20.5. The molecule has 2 aromatic heterocycles. The van der Waals surface area contributed by atoms with E-state index in [0.29, 0.717) is 18.4 Å². The van der Waals surface area contributed by atoms with E-state index >= 15 is 0 Å². The Hall–Kier alpha value is -1.98. The van der Waals surface area contributed by atoms with Crippen LogP contribution in [0.1, 0.15) is 79.9 Å². The first-order valence-corrected chi connectivity index (χ1v) is 11.6. The van der Waals surface area contributed by atoms with Crippen LogP contribution in [0.15, 0.2) is 29.1 Å². The van der Waals surface area contributed by atoms with Gasteiger partial charge in [0.15, 0.2) is 0 Å². The third kappa shape index (κ3) is 4.17. The van der Waals surface area contributed by atoms with Crippen LogP contribution < -0.4 is 10.9 Å². The maximum absolute atomic E-state index is 12.8. The Morgan fingerprint density at radius 2 is 1.76 bits per heavy atom. The normalized spacial score (nSPS) is 15.2. The Labute approximate surface area is 176 Å². The molecule has 0 amide bonds. The predicted octanol–water partition coefficient (Wildman–Crippen LogP) is 5.47. The van der Waals surface area contributed by atoms with Crippen LogP contribution in [0, 0.1) is 5.92 Å². The molecule has 154 valence electrons. The minimum Gasteiger partial charge on any atom is -0.309 e. The number of thiophene rings is 1. The number of nitrogens with zero attached hydrogens (tertiary/aromatic N) is 1. The van der Waals surface area contributed by atoms with E-state index in [2.05, 4.69) is 62.3 Å². The molecule has 0 fully saturated rings. The van der Waals surface area contributed by atoms with Crippen molar-refractivity contribution in [3.63, 3.8) is 0 Å². The monoisotopic (exact) mass is 409 g/mol. The highest BCUT2D eigenvalue weighted by atomic mass is 32.1. The molecule has 5 heteroatoms. The molecule has 2 N–H and O–H groups in total. The summed E-state index contributed by atoms with van der Waals surface area (Å²) in [5, 5.41) is 4.46. The van der Waals surface area contributed by atoms with Crippen molar-refractivity contribution >= 4 is 21.6 Å². The van der Waals surface area contributed by atoms with Crippen LogP contribution in [0.4, 0.5) is 0 Å². The summed E-state index contributed by atoms with van der Waals surface area (Å²) < 4.78 is 0. The van der Waals surface area contributed by atoms with E-state index < -0.39 is 0 Å². The van der Waals surface area contributed by atoms with Gasteiger partial charge in [0.1, 0.15) is 10.7 Å². The van der Waals surface area contributed by atoms with E-state index in [-0.39, 0.29) is 11.6 Å². The zero-order valence-corrected chi connectivity index (χ0v) is 18.7. The van der Waals surface area contributed by atoms with E-state index in [0.717, 1.165) is 28.9 Å². The summed E-state index contributed by atoms with van der Waals surface area (Å²) in [4.78, 5) is 22.9. The molecule has 0 saturated carbocycles. The van der Waals surface area contributed by atoms with Crippen molar-refractivity contribution in [2.45, 2.75) is 71.9 Å². The molecule has 1 aliphatic carbocycles. The third-order valence-electron chi connectivity index (χ3n) is 5.99. The molecule has 0 unspecified atom stereocenters. The number of aryl methyl sites for hydroxylation is 2. The average molecular weight is 410 g/mol. The Bertz CT molecular complexity index is 1050. The summed E-state index contributed by atoms with van der Waals surface area (Å²) in [6.45, 7) is 9.44. The van der Waals surface area contributed by atoms with Crippen molar-refractivity contribution in [1.82, 2.24) is 15.3 Å². The molecular weight excluding hydrogens is 378 g/mol. The van der Waals surface area contributed by atoms with Gasteiger partial charge in [0.2, 0.25) is 0 Å². The summed E-state index contributed by atoms with van der Waals surface area (Å²) in [5.41, 5.74) is 3.90. The van der Waals surface area contributed by atoms with Gasteiger partial charge in [-0.15, -0.1) is 11.3 Å². The summed E-state index contributed by atoms with van der Waals surface area (Å²) in [6.07, 6.45) is 4.50. The van der Waals surface area contributed by atoms with Crippen molar-refractivity contribution in [3.8, 4) is 0 Å². The second-order valence-corrected chi connectivity index (χ2v) is 9.91. The highest BCUT2D eigenvalue weighted by Gasteiger charge is 2.21. The largest absolute Gasteiger partial charge is 0.309 e. The maximum Gasteiger partial charge on any atom is 0.259 e. The summed E-state index contributed by atoms with van der Waals surface area (Å²) >= 11 is 1.71. The lowest BCUT2D eigenvalue weighted by Crippen LogP contribution is -2.27. The molecule has 4 nitrogen and oxygen atoms in total.